The lowest BCUT2D eigenvalue weighted by Gasteiger charge is -2.17. The first-order valence-corrected chi connectivity index (χ1v) is 13.6. The van der Waals surface area contributed by atoms with Gasteiger partial charge in [-0.3, -0.25) is 14.6 Å². The molecule has 0 unspecified atom stereocenters. The molecule has 216 valence electrons. The first-order valence-electron chi connectivity index (χ1n) is 13.6. The van der Waals surface area contributed by atoms with Crippen molar-refractivity contribution in [3.8, 4) is 11.5 Å². The maximum Gasteiger partial charge on any atom is 0.337 e. The number of pyridine rings is 1. The monoisotopic (exact) mass is 575 g/mol. The number of nitrogens with one attached hydrogen (secondary N) is 2. The number of carboxylic acids is 1. The zero-order valence-corrected chi connectivity index (χ0v) is 23.5. The Kier molecular flexibility index (Phi) is 8.62. The molecule has 0 bridgehead atoms. The highest BCUT2D eigenvalue weighted by Crippen LogP contribution is 2.30. The van der Waals surface area contributed by atoms with E-state index in [1.165, 1.54) is 0 Å². The maximum absolute atomic E-state index is 13.1. The number of para-hydroxylation sites is 1. The lowest BCUT2D eigenvalue weighted by molar-refractivity contribution is 0.0697. The van der Waals surface area contributed by atoms with Gasteiger partial charge in [0.2, 0.25) is 0 Å². The molecule has 0 aliphatic heterocycles. The van der Waals surface area contributed by atoms with E-state index < -0.39 is 17.8 Å². The Morgan fingerprint density at radius 1 is 0.837 bits per heavy atom. The van der Waals surface area contributed by atoms with Crippen molar-refractivity contribution in [3.05, 3.63) is 137 Å². The minimum Gasteiger partial charge on any atom is -0.478 e. The van der Waals surface area contributed by atoms with E-state index in [0.717, 1.165) is 5.56 Å². The molecule has 5 aromatic rings. The van der Waals surface area contributed by atoms with Crippen LogP contribution in [0.4, 0.5) is 11.4 Å². The van der Waals surface area contributed by atoms with Gasteiger partial charge in [-0.2, -0.15) is 0 Å². The summed E-state index contributed by atoms with van der Waals surface area (Å²) in [6.45, 7) is 3.96. The molecule has 2 heterocycles. The van der Waals surface area contributed by atoms with Crippen molar-refractivity contribution in [2.24, 2.45) is 0 Å². The summed E-state index contributed by atoms with van der Waals surface area (Å²) in [5.41, 5.74) is 2.61. The van der Waals surface area contributed by atoms with E-state index in [1.807, 2.05) is 44.2 Å². The van der Waals surface area contributed by atoms with E-state index >= 15 is 0 Å². The van der Waals surface area contributed by atoms with Crippen LogP contribution in [0.3, 0.4) is 0 Å². The van der Waals surface area contributed by atoms with Crippen LogP contribution >= 0.6 is 0 Å². The van der Waals surface area contributed by atoms with E-state index in [0.29, 0.717) is 34.1 Å². The Bertz CT molecular complexity index is 1750. The average molecular weight is 576 g/mol. The van der Waals surface area contributed by atoms with Crippen LogP contribution in [0.2, 0.25) is 0 Å². The molecule has 0 aliphatic rings. The van der Waals surface area contributed by atoms with Gasteiger partial charge in [-0.15, -0.1) is 0 Å². The van der Waals surface area contributed by atoms with E-state index in [1.54, 1.807) is 73.1 Å². The van der Waals surface area contributed by atoms with Gasteiger partial charge in [-0.05, 0) is 89.8 Å². The molecule has 0 radical (unpaired) electrons. The minimum absolute atomic E-state index is 0.00679. The number of amides is 2. The first-order chi connectivity index (χ1) is 20.8. The number of furan rings is 1. The largest absolute Gasteiger partial charge is 0.478 e. The van der Waals surface area contributed by atoms with Crippen LogP contribution in [0.5, 0.6) is 11.5 Å². The highest BCUT2D eigenvalue weighted by Gasteiger charge is 2.21. The minimum atomic E-state index is -1.18. The summed E-state index contributed by atoms with van der Waals surface area (Å²) in [7, 11) is 0. The van der Waals surface area contributed by atoms with Crippen LogP contribution in [0.15, 0.2) is 108 Å². The fourth-order valence-electron chi connectivity index (χ4n) is 4.54. The Morgan fingerprint density at radius 2 is 1.53 bits per heavy atom. The number of carbonyl (C=O) groups is 3. The third-order valence-corrected chi connectivity index (χ3v) is 6.66. The summed E-state index contributed by atoms with van der Waals surface area (Å²) in [5.74, 6) is -0.184. The number of aromatic nitrogens is 1. The van der Waals surface area contributed by atoms with E-state index in [9.17, 15) is 19.5 Å². The molecule has 5 rings (SSSR count). The smallest absolute Gasteiger partial charge is 0.337 e. The Labute approximate surface area is 248 Å². The van der Waals surface area contributed by atoms with E-state index in [2.05, 4.69) is 15.6 Å². The molecule has 2 amide bonds. The second-order valence-electron chi connectivity index (χ2n) is 10.1. The summed E-state index contributed by atoms with van der Waals surface area (Å²) in [4.78, 5) is 41.9. The molecule has 9 heteroatoms. The number of hydrogen-bond donors (Lipinski definition) is 3. The quantitative estimate of drug-likeness (QED) is 0.158. The van der Waals surface area contributed by atoms with Gasteiger partial charge in [-0.25, -0.2) is 4.79 Å². The molecule has 0 aliphatic carbocycles. The molecule has 0 saturated heterocycles. The molecule has 0 atom stereocenters. The molecular weight excluding hydrogens is 546 g/mol. The molecule has 3 N–H and O–H groups in total. The van der Waals surface area contributed by atoms with Crippen molar-refractivity contribution < 1.29 is 28.6 Å². The number of anilines is 2. The Hall–Kier alpha value is -5.70. The number of carbonyl (C=O) groups excluding carboxylic acids is 2. The van der Waals surface area contributed by atoms with Crippen molar-refractivity contribution in [3.63, 3.8) is 0 Å². The van der Waals surface area contributed by atoms with Gasteiger partial charge in [-0.1, -0.05) is 32.0 Å². The van der Waals surface area contributed by atoms with Gasteiger partial charge >= 0.3 is 5.97 Å². The first kappa shape index (κ1) is 28.8. The van der Waals surface area contributed by atoms with Crippen LogP contribution in [-0.4, -0.2) is 27.9 Å². The molecule has 2 aromatic heterocycles. The summed E-state index contributed by atoms with van der Waals surface area (Å²) in [6.07, 6.45) is 3.40. The third kappa shape index (κ3) is 7.15. The fraction of sp³-hybridized carbons (Fsp3) is 0.118. The number of hydrogen-bond acceptors (Lipinski definition) is 6. The molecule has 3 aromatic carbocycles. The summed E-state index contributed by atoms with van der Waals surface area (Å²) in [6, 6.07) is 25.7. The van der Waals surface area contributed by atoms with Crippen LogP contribution in [0, 0.1) is 0 Å². The lowest BCUT2D eigenvalue weighted by Crippen LogP contribution is -2.16. The fourth-order valence-corrected chi connectivity index (χ4v) is 4.54. The second kappa shape index (κ2) is 12.9. The molecule has 9 nitrogen and oxygen atoms in total. The van der Waals surface area contributed by atoms with Crippen LogP contribution in [0.25, 0.3) is 0 Å². The predicted octanol–water partition coefficient (Wildman–Crippen LogP) is 7.38. The molecule has 0 saturated carbocycles. The van der Waals surface area contributed by atoms with E-state index in [4.69, 9.17) is 9.15 Å². The van der Waals surface area contributed by atoms with Gasteiger partial charge in [0.1, 0.15) is 17.3 Å². The van der Waals surface area contributed by atoms with Crippen molar-refractivity contribution in [1.82, 2.24) is 4.98 Å². The number of benzene rings is 3. The third-order valence-electron chi connectivity index (χ3n) is 6.66. The van der Waals surface area contributed by atoms with Gasteiger partial charge in [0.15, 0.2) is 5.76 Å². The number of carboxylic acid groups (broad SMARTS) is 1. The number of aromatic carboxylic acids is 1. The highest BCUT2D eigenvalue weighted by atomic mass is 16.5. The number of rotatable bonds is 10. The van der Waals surface area contributed by atoms with Gasteiger partial charge < -0.3 is 24.9 Å². The SMILES string of the molecule is CC(C)c1cc(NC(=O)c2ccc(Oc3ccccc3)cc2)c(C(=O)O)cc1Cc1ccc(C(=O)Nc2ccncc2)o1. The standard InChI is InChI=1S/C34H29N3O6/c1-21(2)28-20-30(37-32(38)22-8-10-26(11-9-22)42-25-6-4-3-5-7-25)29(34(40)41)19-23(28)18-27-12-13-31(43-27)33(39)36-24-14-16-35-17-15-24/h3-17,19-21H,18H2,1-2H3,(H,37,38)(H,40,41)(H,35,36,39). The average Bonchev–Trinajstić information content (AvgIpc) is 3.47. The zero-order valence-electron chi connectivity index (χ0n) is 23.5. The Morgan fingerprint density at radius 3 is 2.21 bits per heavy atom. The topological polar surface area (TPSA) is 131 Å². The van der Waals surface area contributed by atoms with Crippen LogP contribution in [0.1, 0.15) is 67.9 Å². The van der Waals surface area contributed by atoms with Crippen LogP contribution in [-0.2, 0) is 6.42 Å². The maximum atomic E-state index is 13.1. The van der Waals surface area contributed by atoms with Gasteiger partial charge in [0.05, 0.1) is 11.3 Å². The molecule has 0 spiro atoms. The zero-order chi connectivity index (χ0) is 30.3. The highest BCUT2D eigenvalue weighted by molar-refractivity contribution is 6.08. The summed E-state index contributed by atoms with van der Waals surface area (Å²) in [5, 5.41) is 15.5. The van der Waals surface area contributed by atoms with Crippen molar-refractivity contribution in [2.45, 2.75) is 26.2 Å². The van der Waals surface area contributed by atoms with Crippen molar-refractivity contribution >= 4 is 29.2 Å². The van der Waals surface area contributed by atoms with Gasteiger partial charge in [0.25, 0.3) is 11.8 Å². The normalized spacial score (nSPS) is 10.8. The summed E-state index contributed by atoms with van der Waals surface area (Å²) < 4.78 is 11.6. The molecular formula is C34H29N3O6. The lowest BCUT2D eigenvalue weighted by atomic mass is 9.91. The van der Waals surface area contributed by atoms with Crippen molar-refractivity contribution in [1.29, 1.82) is 0 Å². The predicted molar refractivity (Wildman–Crippen MR) is 162 cm³/mol. The Balaban J connectivity index is 1.34. The molecule has 43 heavy (non-hydrogen) atoms. The number of ether oxygens (including phenoxy) is 1. The second-order valence-corrected chi connectivity index (χ2v) is 10.1. The van der Waals surface area contributed by atoms with Crippen molar-refractivity contribution in [2.75, 3.05) is 10.6 Å². The van der Waals surface area contributed by atoms with E-state index in [-0.39, 0.29) is 29.3 Å². The van der Waals surface area contributed by atoms with Gasteiger partial charge in [0, 0.05) is 30.1 Å². The molecule has 0 fully saturated rings. The number of nitrogens with zero attached hydrogens (tertiary/aromatic N) is 1. The summed E-state index contributed by atoms with van der Waals surface area (Å²) >= 11 is 0. The van der Waals surface area contributed by atoms with Crippen LogP contribution < -0.4 is 15.4 Å².